The lowest BCUT2D eigenvalue weighted by Gasteiger charge is -2.14. The van der Waals surface area contributed by atoms with Gasteiger partial charge in [0.05, 0.1) is 7.11 Å². The number of carbonyl (C=O) groups is 1. The molecule has 0 aliphatic carbocycles. The summed E-state index contributed by atoms with van der Waals surface area (Å²) in [6, 6.07) is 1.84. The van der Waals surface area contributed by atoms with E-state index in [2.05, 4.69) is 20.7 Å². The van der Waals surface area contributed by atoms with Crippen LogP contribution in [-0.2, 0) is 9.53 Å². The predicted octanol–water partition coefficient (Wildman–Crippen LogP) is 3.75. The first-order valence-electron chi connectivity index (χ1n) is 5.21. The standard InChI is InChI=1S/C11H15BrClNO2S/c1-6(4-10(15)16-2)3-8(14)9-5-7(12)11(13)17-9/h5-6,8H,3-4,14H2,1-2H3. The lowest BCUT2D eigenvalue weighted by molar-refractivity contribution is -0.141. The molecule has 0 bridgehead atoms. The molecule has 3 nitrogen and oxygen atoms in total. The molecule has 0 amide bonds. The van der Waals surface area contributed by atoms with Gasteiger partial charge in [0.1, 0.15) is 4.34 Å². The molecule has 1 heterocycles. The molecule has 1 aromatic rings. The first-order valence-corrected chi connectivity index (χ1v) is 7.20. The topological polar surface area (TPSA) is 52.3 Å². The average Bonchev–Trinajstić information content (AvgIpc) is 2.59. The minimum absolute atomic E-state index is 0.0940. The second-order valence-corrected chi connectivity index (χ2v) is 6.54. The summed E-state index contributed by atoms with van der Waals surface area (Å²) in [6.07, 6.45) is 1.13. The molecule has 1 aromatic heterocycles. The van der Waals surface area contributed by atoms with E-state index in [-0.39, 0.29) is 17.9 Å². The summed E-state index contributed by atoms with van der Waals surface area (Å²) in [5.41, 5.74) is 6.07. The zero-order valence-electron chi connectivity index (χ0n) is 9.70. The molecule has 2 atom stereocenters. The highest BCUT2D eigenvalue weighted by molar-refractivity contribution is 9.10. The monoisotopic (exact) mass is 339 g/mol. The lowest BCUT2D eigenvalue weighted by Crippen LogP contribution is -2.15. The Morgan fingerprint density at radius 2 is 2.35 bits per heavy atom. The Balaban J connectivity index is 2.54. The van der Waals surface area contributed by atoms with E-state index in [1.807, 2.05) is 13.0 Å². The van der Waals surface area contributed by atoms with Crippen LogP contribution in [0.25, 0.3) is 0 Å². The molecular formula is C11H15BrClNO2S. The SMILES string of the molecule is COC(=O)CC(C)CC(N)c1cc(Br)c(Cl)s1. The average molecular weight is 341 g/mol. The number of carbonyl (C=O) groups excluding carboxylic acids is 1. The van der Waals surface area contributed by atoms with E-state index in [9.17, 15) is 4.79 Å². The Kier molecular flexibility index (Phi) is 5.92. The van der Waals surface area contributed by atoms with E-state index in [1.165, 1.54) is 18.4 Å². The number of halogens is 2. The van der Waals surface area contributed by atoms with Crippen molar-refractivity contribution in [2.24, 2.45) is 11.7 Å². The maximum atomic E-state index is 11.1. The first kappa shape index (κ1) is 15.0. The van der Waals surface area contributed by atoms with Gasteiger partial charge in [-0.15, -0.1) is 11.3 Å². The van der Waals surface area contributed by atoms with Gasteiger partial charge in [0.25, 0.3) is 0 Å². The molecule has 96 valence electrons. The van der Waals surface area contributed by atoms with Gasteiger partial charge in [-0.2, -0.15) is 0 Å². The van der Waals surface area contributed by atoms with Crippen LogP contribution in [0.1, 0.15) is 30.7 Å². The van der Waals surface area contributed by atoms with E-state index >= 15 is 0 Å². The molecule has 6 heteroatoms. The zero-order valence-corrected chi connectivity index (χ0v) is 12.9. The summed E-state index contributed by atoms with van der Waals surface area (Å²) in [4.78, 5) is 12.1. The molecule has 1 rings (SSSR count). The van der Waals surface area contributed by atoms with Crippen molar-refractivity contribution in [3.05, 3.63) is 19.8 Å². The molecule has 0 saturated heterocycles. The highest BCUT2D eigenvalue weighted by Gasteiger charge is 2.17. The molecule has 2 N–H and O–H groups in total. The molecule has 0 aliphatic heterocycles. The maximum absolute atomic E-state index is 11.1. The van der Waals surface area contributed by atoms with Crippen molar-refractivity contribution in [1.29, 1.82) is 0 Å². The maximum Gasteiger partial charge on any atom is 0.305 e. The van der Waals surface area contributed by atoms with E-state index in [0.717, 1.165) is 15.8 Å². The minimum Gasteiger partial charge on any atom is -0.469 e. The van der Waals surface area contributed by atoms with Crippen LogP contribution in [0.2, 0.25) is 4.34 Å². The van der Waals surface area contributed by atoms with Crippen molar-refractivity contribution in [2.45, 2.75) is 25.8 Å². The number of ether oxygens (including phenoxy) is 1. The van der Waals surface area contributed by atoms with E-state index in [0.29, 0.717) is 10.8 Å². The minimum atomic E-state index is -0.199. The summed E-state index contributed by atoms with van der Waals surface area (Å²) < 4.78 is 6.20. The van der Waals surface area contributed by atoms with Crippen LogP contribution in [-0.4, -0.2) is 13.1 Å². The second kappa shape index (κ2) is 6.73. The van der Waals surface area contributed by atoms with Gasteiger partial charge in [-0.3, -0.25) is 4.79 Å². The second-order valence-electron chi connectivity index (χ2n) is 4.00. The molecule has 17 heavy (non-hydrogen) atoms. The van der Waals surface area contributed by atoms with Crippen LogP contribution in [0.15, 0.2) is 10.5 Å². The third-order valence-corrected chi connectivity index (χ3v) is 5.04. The van der Waals surface area contributed by atoms with Crippen molar-refractivity contribution >= 4 is 44.8 Å². The Bertz CT molecular complexity index is 377. The van der Waals surface area contributed by atoms with Gasteiger partial charge in [-0.1, -0.05) is 18.5 Å². The Morgan fingerprint density at radius 1 is 1.71 bits per heavy atom. The van der Waals surface area contributed by atoms with Gasteiger partial charge in [0.15, 0.2) is 0 Å². The zero-order chi connectivity index (χ0) is 13.0. The van der Waals surface area contributed by atoms with Crippen LogP contribution in [0, 0.1) is 5.92 Å². The molecular weight excluding hydrogens is 326 g/mol. The van der Waals surface area contributed by atoms with Gasteiger partial charge in [0.2, 0.25) is 0 Å². The number of hydrogen-bond acceptors (Lipinski definition) is 4. The number of esters is 1. The van der Waals surface area contributed by atoms with Gasteiger partial charge >= 0.3 is 5.97 Å². The van der Waals surface area contributed by atoms with Gasteiger partial charge in [-0.05, 0) is 34.3 Å². The fraction of sp³-hybridized carbons (Fsp3) is 0.545. The largest absolute Gasteiger partial charge is 0.469 e. The van der Waals surface area contributed by atoms with Crippen LogP contribution in [0.5, 0.6) is 0 Å². The van der Waals surface area contributed by atoms with Gasteiger partial charge in [0, 0.05) is 21.8 Å². The van der Waals surface area contributed by atoms with E-state index in [4.69, 9.17) is 17.3 Å². The normalized spacial score (nSPS) is 14.4. The predicted molar refractivity (Wildman–Crippen MR) is 74.4 cm³/mol. The number of methoxy groups -OCH3 is 1. The Labute approximate surface area is 118 Å². The smallest absolute Gasteiger partial charge is 0.305 e. The quantitative estimate of drug-likeness (QED) is 0.830. The van der Waals surface area contributed by atoms with Crippen molar-refractivity contribution in [2.75, 3.05) is 7.11 Å². The summed E-state index contributed by atoms with van der Waals surface area (Å²) in [5.74, 6) is -0.00723. The van der Waals surface area contributed by atoms with E-state index in [1.54, 1.807) is 0 Å². The van der Waals surface area contributed by atoms with Crippen LogP contribution >= 0.6 is 38.9 Å². The van der Waals surface area contributed by atoms with Gasteiger partial charge in [-0.25, -0.2) is 0 Å². The first-order chi connectivity index (χ1) is 7.93. The Hall–Kier alpha value is -0.100. The third-order valence-electron chi connectivity index (χ3n) is 2.43. The lowest BCUT2D eigenvalue weighted by atomic mass is 9.98. The highest BCUT2D eigenvalue weighted by atomic mass is 79.9. The van der Waals surface area contributed by atoms with Crippen molar-refractivity contribution in [3.63, 3.8) is 0 Å². The van der Waals surface area contributed by atoms with Crippen molar-refractivity contribution in [1.82, 2.24) is 0 Å². The number of thiophene rings is 1. The fourth-order valence-electron chi connectivity index (χ4n) is 1.55. The fourth-order valence-corrected chi connectivity index (χ4v) is 3.30. The third kappa shape index (κ3) is 4.58. The molecule has 0 spiro atoms. The summed E-state index contributed by atoms with van der Waals surface area (Å²) >= 11 is 10.8. The molecule has 0 aromatic carbocycles. The molecule has 2 unspecified atom stereocenters. The van der Waals surface area contributed by atoms with Crippen molar-refractivity contribution < 1.29 is 9.53 Å². The van der Waals surface area contributed by atoms with Crippen molar-refractivity contribution in [3.8, 4) is 0 Å². The van der Waals surface area contributed by atoms with Crippen LogP contribution < -0.4 is 5.73 Å². The van der Waals surface area contributed by atoms with E-state index < -0.39 is 0 Å². The van der Waals surface area contributed by atoms with Crippen LogP contribution in [0.4, 0.5) is 0 Å². The van der Waals surface area contributed by atoms with Crippen LogP contribution in [0.3, 0.4) is 0 Å². The summed E-state index contributed by atoms with van der Waals surface area (Å²) in [6.45, 7) is 1.99. The number of hydrogen-bond donors (Lipinski definition) is 1. The summed E-state index contributed by atoms with van der Waals surface area (Å²) in [7, 11) is 1.39. The molecule has 0 aliphatic rings. The highest BCUT2D eigenvalue weighted by Crippen LogP contribution is 2.36. The number of rotatable bonds is 5. The number of nitrogens with two attached hydrogens (primary N) is 1. The molecule has 0 saturated carbocycles. The summed E-state index contributed by atoms with van der Waals surface area (Å²) in [5, 5.41) is 0. The molecule has 0 fully saturated rings. The Morgan fingerprint density at radius 3 is 2.82 bits per heavy atom. The van der Waals surface area contributed by atoms with Gasteiger partial charge < -0.3 is 10.5 Å². The molecule has 0 radical (unpaired) electrons.